The molecule has 0 saturated heterocycles. The van der Waals surface area contributed by atoms with Crippen LogP contribution in [-0.2, 0) is 13.0 Å². The molecule has 0 bridgehead atoms. The van der Waals surface area contributed by atoms with Gasteiger partial charge in [0, 0.05) is 30.8 Å². The molecule has 1 atom stereocenters. The van der Waals surface area contributed by atoms with Crippen molar-refractivity contribution in [3.05, 3.63) is 70.3 Å². The minimum Gasteiger partial charge on any atom is -0.494 e. The third-order valence-electron chi connectivity index (χ3n) is 6.07. The summed E-state index contributed by atoms with van der Waals surface area (Å²) in [6.07, 6.45) is -6.45. The number of aromatic nitrogens is 2. The molecule has 1 aliphatic rings. The molecular formula is C25H22F4N4O3. The number of ether oxygens (including phenoxy) is 2. The monoisotopic (exact) mass is 502 g/mol. The molecule has 36 heavy (non-hydrogen) atoms. The Hall–Kier alpha value is -4.07. The van der Waals surface area contributed by atoms with Crippen LogP contribution in [0.25, 0.3) is 5.69 Å². The van der Waals surface area contributed by atoms with Crippen LogP contribution in [-0.4, -0.2) is 46.5 Å². The number of rotatable bonds is 5. The van der Waals surface area contributed by atoms with Crippen LogP contribution in [0.3, 0.4) is 0 Å². The van der Waals surface area contributed by atoms with Gasteiger partial charge in [-0.25, -0.2) is 9.07 Å². The first-order valence-electron chi connectivity index (χ1n) is 11.0. The summed E-state index contributed by atoms with van der Waals surface area (Å²) in [4.78, 5) is 15.1. The smallest absolute Gasteiger partial charge is 0.425 e. The highest BCUT2D eigenvalue weighted by Crippen LogP contribution is 2.37. The van der Waals surface area contributed by atoms with E-state index < -0.39 is 18.2 Å². The SMILES string of the molecule is COc1c(C#N)ccc(OC(C)C(F)(F)F)c1C(=O)N1CCc2nn(-c3ccc(F)cc3)c(C)c2C1. The van der Waals surface area contributed by atoms with Gasteiger partial charge < -0.3 is 14.4 Å². The fourth-order valence-corrected chi connectivity index (χ4v) is 4.10. The Morgan fingerprint density at radius 1 is 1.19 bits per heavy atom. The van der Waals surface area contributed by atoms with Crippen LogP contribution in [0, 0.1) is 24.1 Å². The van der Waals surface area contributed by atoms with Crippen molar-refractivity contribution in [3.63, 3.8) is 0 Å². The second-order valence-corrected chi connectivity index (χ2v) is 8.31. The number of fused-ring (bicyclic) bond motifs is 1. The fraction of sp³-hybridized carbons (Fsp3) is 0.320. The minimum absolute atomic E-state index is 0.00845. The Morgan fingerprint density at radius 3 is 2.50 bits per heavy atom. The summed E-state index contributed by atoms with van der Waals surface area (Å²) in [6, 6.07) is 10.1. The average Bonchev–Trinajstić information content (AvgIpc) is 3.18. The van der Waals surface area contributed by atoms with Gasteiger partial charge in [0.25, 0.3) is 5.91 Å². The second kappa shape index (κ2) is 9.53. The molecule has 0 aliphatic carbocycles. The molecule has 1 unspecified atom stereocenters. The van der Waals surface area contributed by atoms with E-state index in [0.29, 0.717) is 12.1 Å². The molecule has 3 aromatic rings. The first-order chi connectivity index (χ1) is 17.0. The number of methoxy groups -OCH3 is 1. The number of halogens is 4. The van der Waals surface area contributed by atoms with E-state index in [2.05, 4.69) is 5.10 Å². The van der Waals surface area contributed by atoms with Crippen molar-refractivity contribution < 1.29 is 31.8 Å². The highest BCUT2D eigenvalue weighted by Gasteiger charge is 2.40. The third kappa shape index (κ3) is 4.58. The molecule has 0 N–H and O–H groups in total. The first kappa shape index (κ1) is 25.0. The van der Waals surface area contributed by atoms with Crippen LogP contribution in [0.1, 0.15) is 39.8 Å². The highest BCUT2D eigenvalue weighted by molar-refractivity contribution is 6.00. The largest absolute Gasteiger partial charge is 0.494 e. The Labute approximate surface area is 204 Å². The van der Waals surface area contributed by atoms with Crippen molar-refractivity contribution in [2.75, 3.05) is 13.7 Å². The topological polar surface area (TPSA) is 80.4 Å². The Kier molecular flexibility index (Phi) is 6.63. The van der Waals surface area contributed by atoms with E-state index in [1.54, 1.807) is 16.8 Å². The van der Waals surface area contributed by atoms with Crippen molar-refractivity contribution in [2.45, 2.75) is 39.1 Å². The van der Waals surface area contributed by atoms with Gasteiger partial charge in [-0.15, -0.1) is 0 Å². The van der Waals surface area contributed by atoms with Gasteiger partial charge in [0.15, 0.2) is 11.9 Å². The zero-order valence-corrected chi connectivity index (χ0v) is 19.7. The average molecular weight is 502 g/mol. The summed E-state index contributed by atoms with van der Waals surface area (Å²) in [5, 5.41) is 14.1. The Bertz CT molecular complexity index is 1340. The van der Waals surface area contributed by atoms with Gasteiger partial charge in [0.1, 0.15) is 23.2 Å². The summed E-state index contributed by atoms with van der Waals surface area (Å²) in [7, 11) is 1.23. The van der Waals surface area contributed by atoms with E-state index in [-0.39, 0.29) is 41.5 Å². The lowest BCUT2D eigenvalue weighted by Crippen LogP contribution is -2.37. The fourth-order valence-electron chi connectivity index (χ4n) is 4.10. The number of alkyl halides is 3. The van der Waals surface area contributed by atoms with E-state index in [4.69, 9.17) is 9.47 Å². The number of carbonyl (C=O) groups is 1. The van der Waals surface area contributed by atoms with Crippen LogP contribution >= 0.6 is 0 Å². The van der Waals surface area contributed by atoms with Gasteiger partial charge in [0.2, 0.25) is 0 Å². The molecule has 4 rings (SSSR count). The van der Waals surface area contributed by atoms with Crippen molar-refractivity contribution in [1.82, 2.24) is 14.7 Å². The summed E-state index contributed by atoms with van der Waals surface area (Å²) < 4.78 is 65.0. The quantitative estimate of drug-likeness (QED) is 0.472. The zero-order valence-electron chi connectivity index (χ0n) is 19.7. The summed E-state index contributed by atoms with van der Waals surface area (Å²) in [6.45, 7) is 3.02. The molecular weight excluding hydrogens is 480 g/mol. The zero-order chi connectivity index (χ0) is 26.2. The minimum atomic E-state index is -4.66. The number of hydrogen-bond donors (Lipinski definition) is 0. The van der Waals surface area contributed by atoms with Gasteiger partial charge >= 0.3 is 6.18 Å². The molecule has 1 aromatic heterocycles. The van der Waals surface area contributed by atoms with Crippen LogP contribution in [0.15, 0.2) is 36.4 Å². The summed E-state index contributed by atoms with van der Waals surface area (Å²) in [5.41, 5.74) is 2.68. The van der Waals surface area contributed by atoms with Gasteiger partial charge in [-0.1, -0.05) is 0 Å². The molecule has 1 amide bonds. The van der Waals surface area contributed by atoms with Crippen LogP contribution in [0.4, 0.5) is 17.6 Å². The van der Waals surface area contributed by atoms with Crippen LogP contribution in [0.2, 0.25) is 0 Å². The maximum absolute atomic E-state index is 13.6. The lowest BCUT2D eigenvalue weighted by Gasteiger charge is -2.29. The van der Waals surface area contributed by atoms with Gasteiger partial charge in [-0.3, -0.25) is 4.79 Å². The van der Waals surface area contributed by atoms with E-state index in [0.717, 1.165) is 23.9 Å². The Morgan fingerprint density at radius 2 is 1.89 bits per heavy atom. The predicted molar refractivity (Wildman–Crippen MR) is 121 cm³/mol. The normalized spacial score (nSPS) is 14.1. The van der Waals surface area contributed by atoms with Gasteiger partial charge in [0.05, 0.1) is 24.1 Å². The standard InChI is InChI=1S/C25H22F4N4O3/c1-14-19-13-32(11-10-20(19)31-33(14)18-7-5-17(26)6-8-18)24(34)22-21(36-15(2)25(27,28)29)9-4-16(12-30)23(22)35-3/h4-9,15H,10-11,13H2,1-3H3. The number of amides is 1. The number of nitriles is 1. The Balaban J connectivity index is 1.70. The highest BCUT2D eigenvalue weighted by atomic mass is 19.4. The summed E-state index contributed by atoms with van der Waals surface area (Å²) >= 11 is 0. The summed E-state index contributed by atoms with van der Waals surface area (Å²) in [5.74, 6) is -1.49. The molecule has 1 aliphatic heterocycles. The van der Waals surface area contributed by atoms with E-state index in [1.165, 1.54) is 36.3 Å². The van der Waals surface area contributed by atoms with Crippen molar-refractivity contribution in [1.29, 1.82) is 5.26 Å². The molecule has 0 spiro atoms. The molecule has 11 heteroatoms. The van der Waals surface area contributed by atoms with Crippen LogP contribution in [0.5, 0.6) is 11.5 Å². The van der Waals surface area contributed by atoms with Crippen molar-refractivity contribution in [2.24, 2.45) is 0 Å². The predicted octanol–water partition coefficient (Wildman–Crippen LogP) is 4.73. The number of benzene rings is 2. The molecule has 2 heterocycles. The number of carbonyl (C=O) groups excluding carboxylic acids is 1. The first-order valence-corrected chi connectivity index (χ1v) is 11.0. The lowest BCUT2D eigenvalue weighted by molar-refractivity contribution is -0.189. The van der Waals surface area contributed by atoms with Gasteiger partial charge in [-0.2, -0.15) is 23.5 Å². The van der Waals surface area contributed by atoms with Crippen molar-refractivity contribution in [3.8, 4) is 23.3 Å². The third-order valence-corrected chi connectivity index (χ3v) is 6.07. The number of nitrogens with zero attached hydrogens (tertiary/aromatic N) is 4. The molecule has 7 nitrogen and oxygen atoms in total. The second-order valence-electron chi connectivity index (χ2n) is 8.31. The maximum Gasteiger partial charge on any atom is 0.425 e. The molecule has 0 fully saturated rings. The van der Waals surface area contributed by atoms with Gasteiger partial charge in [-0.05, 0) is 50.2 Å². The molecule has 0 saturated carbocycles. The van der Waals surface area contributed by atoms with E-state index in [1.807, 2.05) is 13.0 Å². The molecule has 188 valence electrons. The van der Waals surface area contributed by atoms with E-state index >= 15 is 0 Å². The maximum atomic E-state index is 13.6. The van der Waals surface area contributed by atoms with E-state index in [9.17, 15) is 27.6 Å². The van der Waals surface area contributed by atoms with Crippen LogP contribution < -0.4 is 9.47 Å². The molecule has 2 aromatic carbocycles. The number of hydrogen-bond acceptors (Lipinski definition) is 5. The lowest BCUT2D eigenvalue weighted by atomic mass is 10.0. The molecule has 0 radical (unpaired) electrons. The van der Waals surface area contributed by atoms with Crippen molar-refractivity contribution >= 4 is 5.91 Å².